The smallest absolute Gasteiger partial charge is 0.404 e. The minimum Gasteiger partial charge on any atom is -0.465 e. The quantitative estimate of drug-likeness (QED) is 0.334. The molecule has 4 aromatic rings. The molecule has 10 nitrogen and oxygen atoms in total. The molecule has 2 heterocycles. The van der Waals surface area contributed by atoms with Crippen molar-refractivity contribution in [3.05, 3.63) is 72.6 Å². The predicted molar refractivity (Wildman–Crippen MR) is 132 cm³/mol. The number of rotatable bonds is 8. The number of benzene rings is 2. The minimum absolute atomic E-state index is 0.124. The lowest BCUT2D eigenvalue weighted by Gasteiger charge is -2.11. The molecule has 184 valence electrons. The zero-order valence-electron chi connectivity index (χ0n) is 19.1. The van der Waals surface area contributed by atoms with Gasteiger partial charge in [-0.3, -0.25) is 9.20 Å². The lowest BCUT2D eigenvalue weighted by molar-refractivity contribution is 0.0951. The molecule has 1 saturated carbocycles. The summed E-state index contributed by atoms with van der Waals surface area (Å²) in [6, 6.07) is 16.4. The van der Waals surface area contributed by atoms with E-state index in [9.17, 15) is 18.0 Å². The van der Waals surface area contributed by atoms with Crippen molar-refractivity contribution >= 4 is 27.5 Å². The van der Waals surface area contributed by atoms with Gasteiger partial charge in [-0.15, -0.1) is 0 Å². The van der Waals surface area contributed by atoms with Crippen LogP contribution in [0.3, 0.4) is 0 Å². The van der Waals surface area contributed by atoms with Crippen LogP contribution in [-0.4, -0.2) is 58.2 Å². The molecule has 1 fully saturated rings. The molecular formula is C25H23N5O5S. The third-order valence-electron chi connectivity index (χ3n) is 5.83. The second-order valence-corrected chi connectivity index (χ2v) is 10.5. The third-order valence-corrected chi connectivity index (χ3v) is 7.43. The van der Waals surface area contributed by atoms with Gasteiger partial charge in [-0.25, -0.2) is 23.2 Å². The van der Waals surface area contributed by atoms with Gasteiger partial charge < -0.3 is 15.7 Å². The molecule has 11 heteroatoms. The van der Waals surface area contributed by atoms with E-state index >= 15 is 0 Å². The monoisotopic (exact) mass is 505 g/mol. The van der Waals surface area contributed by atoms with E-state index in [1.54, 1.807) is 41.1 Å². The van der Waals surface area contributed by atoms with Crippen LogP contribution >= 0.6 is 0 Å². The number of aromatic nitrogens is 3. The molecule has 5 rings (SSSR count). The lowest BCUT2D eigenvalue weighted by atomic mass is 10.1. The Balaban J connectivity index is 1.57. The van der Waals surface area contributed by atoms with Crippen molar-refractivity contribution in [2.24, 2.45) is 0 Å². The number of nitrogens with one attached hydrogen (secondary N) is 2. The summed E-state index contributed by atoms with van der Waals surface area (Å²) in [5.41, 5.74) is 3.18. The Morgan fingerprint density at radius 3 is 2.42 bits per heavy atom. The highest BCUT2D eigenvalue weighted by atomic mass is 32.2. The number of nitrogens with zero attached hydrogens (tertiary/aromatic N) is 3. The number of imidazole rings is 1. The molecular weight excluding hydrogens is 482 g/mol. The number of fused-ring (bicyclic) bond motifs is 1. The second kappa shape index (κ2) is 9.42. The summed E-state index contributed by atoms with van der Waals surface area (Å²) < 4.78 is 28.0. The molecule has 0 saturated heterocycles. The van der Waals surface area contributed by atoms with Gasteiger partial charge in [-0.05, 0) is 25.0 Å². The Kier molecular flexibility index (Phi) is 6.15. The van der Waals surface area contributed by atoms with Crippen LogP contribution in [0.5, 0.6) is 0 Å². The SMILES string of the molecule is O=C(O)NCCS(=O)(=O)c1nc(-c2ccccc2)cn2c(-c3ccc(C(=O)NC4CC4)cc3)cnc12. The molecule has 0 atom stereocenters. The largest absolute Gasteiger partial charge is 0.465 e. The van der Waals surface area contributed by atoms with Crippen LogP contribution in [0.2, 0.25) is 0 Å². The second-order valence-electron chi connectivity index (χ2n) is 8.51. The fourth-order valence-electron chi connectivity index (χ4n) is 3.81. The van der Waals surface area contributed by atoms with Crippen LogP contribution in [0.15, 0.2) is 72.0 Å². The van der Waals surface area contributed by atoms with Crippen LogP contribution < -0.4 is 10.6 Å². The first kappa shape index (κ1) is 23.5. The highest BCUT2D eigenvalue weighted by Crippen LogP contribution is 2.28. The van der Waals surface area contributed by atoms with E-state index in [1.807, 2.05) is 30.3 Å². The summed E-state index contributed by atoms with van der Waals surface area (Å²) in [6.07, 6.45) is 3.97. The Hall–Kier alpha value is -4.25. The van der Waals surface area contributed by atoms with E-state index in [2.05, 4.69) is 20.6 Å². The number of hydrogen-bond acceptors (Lipinski definition) is 6. The van der Waals surface area contributed by atoms with Crippen LogP contribution in [0.25, 0.3) is 28.2 Å². The topological polar surface area (TPSA) is 143 Å². The zero-order chi connectivity index (χ0) is 25.3. The molecule has 0 aliphatic heterocycles. The Morgan fingerprint density at radius 2 is 1.75 bits per heavy atom. The Bertz CT molecular complexity index is 1550. The standard InChI is InChI=1S/C25H23N5O5S/c31-23(28-19-10-11-19)18-8-6-17(7-9-18)21-14-27-22-24(36(34,35)13-12-26-25(32)33)29-20(15-30(21)22)16-4-2-1-3-5-16/h1-9,14-15,19,26H,10-13H2,(H,28,31)(H,32,33). The van der Waals surface area contributed by atoms with Gasteiger partial charge in [0.1, 0.15) is 0 Å². The van der Waals surface area contributed by atoms with E-state index < -0.39 is 21.7 Å². The number of carboxylic acid groups (broad SMARTS) is 1. The van der Waals surface area contributed by atoms with Crippen LogP contribution in [0.4, 0.5) is 4.79 Å². The van der Waals surface area contributed by atoms with E-state index in [0.29, 0.717) is 22.5 Å². The fourth-order valence-corrected chi connectivity index (χ4v) is 5.04. The number of hydrogen-bond donors (Lipinski definition) is 3. The first-order valence-corrected chi connectivity index (χ1v) is 13.0. The lowest BCUT2D eigenvalue weighted by Crippen LogP contribution is -2.28. The van der Waals surface area contributed by atoms with Crippen molar-refractivity contribution in [1.29, 1.82) is 0 Å². The molecule has 1 aliphatic rings. The van der Waals surface area contributed by atoms with Gasteiger partial charge in [-0.1, -0.05) is 42.5 Å². The average molecular weight is 506 g/mol. The molecule has 2 aromatic heterocycles. The Labute approximate surface area is 206 Å². The maximum Gasteiger partial charge on any atom is 0.404 e. The predicted octanol–water partition coefficient (Wildman–Crippen LogP) is 3.00. The highest BCUT2D eigenvalue weighted by molar-refractivity contribution is 7.91. The molecule has 0 spiro atoms. The van der Waals surface area contributed by atoms with Gasteiger partial charge in [0.2, 0.25) is 9.84 Å². The first-order chi connectivity index (χ1) is 17.3. The van der Waals surface area contributed by atoms with Gasteiger partial charge >= 0.3 is 6.09 Å². The first-order valence-electron chi connectivity index (χ1n) is 11.4. The van der Waals surface area contributed by atoms with E-state index in [-0.39, 0.29) is 29.2 Å². The minimum atomic E-state index is -3.98. The van der Waals surface area contributed by atoms with Gasteiger partial charge in [0.25, 0.3) is 5.91 Å². The molecule has 3 N–H and O–H groups in total. The Morgan fingerprint density at radius 1 is 1.03 bits per heavy atom. The van der Waals surface area contributed by atoms with Gasteiger partial charge in [0.05, 0.1) is 23.3 Å². The van der Waals surface area contributed by atoms with Crippen molar-refractivity contribution in [1.82, 2.24) is 25.0 Å². The fraction of sp³-hybridized carbons (Fsp3) is 0.200. The van der Waals surface area contributed by atoms with Gasteiger partial charge in [0.15, 0.2) is 10.7 Å². The molecule has 0 unspecified atom stereocenters. The van der Waals surface area contributed by atoms with Crippen molar-refractivity contribution in [3.8, 4) is 22.5 Å². The van der Waals surface area contributed by atoms with Crippen molar-refractivity contribution in [3.63, 3.8) is 0 Å². The molecule has 0 bridgehead atoms. The van der Waals surface area contributed by atoms with Crippen molar-refractivity contribution < 1.29 is 23.1 Å². The average Bonchev–Trinajstić information content (AvgIpc) is 3.58. The zero-order valence-corrected chi connectivity index (χ0v) is 19.9. The van der Waals surface area contributed by atoms with Crippen LogP contribution in [0.1, 0.15) is 23.2 Å². The third kappa shape index (κ3) is 4.91. The summed E-state index contributed by atoms with van der Waals surface area (Å²) in [6.45, 7) is -0.279. The molecule has 2 amide bonds. The molecule has 0 radical (unpaired) electrons. The van der Waals surface area contributed by atoms with Crippen molar-refractivity contribution in [2.75, 3.05) is 12.3 Å². The molecule has 36 heavy (non-hydrogen) atoms. The summed E-state index contributed by atoms with van der Waals surface area (Å²) in [4.78, 5) is 31.9. The van der Waals surface area contributed by atoms with Crippen LogP contribution in [-0.2, 0) is 9.84 Å². The van der Waals surface area contributed by atoms with Gasteiger partial charge in [-0.2, -0.15) is 0 Å². The van der Waals surface area contributed by atoms with Crippen molar-refractivity contribution in [2.45, 2.75) is 23.9 Å². The summed E-state index contributed by atoms with van der Waals surface area (Å²) in [5.74, 6) is -0.589. The summed E-state index contributed by atoms with van der Waals surface area (Å²) >= 11 is 0. The maximum atomic E-state index is 13.2. The maximum absolute atomic E-state index is 13.2. The van der Waals surface area contributed by atoms with E-state index in [4.69, 9.17) is 5.11 Å². The number of sulfone groups is 1. The summed E-state index contributed by atoms with van der Waals surface area (Å²) in [7, 11) is -3.98. The summed E-state index contributed by atoms with van der Waals surface area (Å²) in [5, 5.41) is 13.6. The van der Waals surface area contributed by atoms with E-state index in [1.165, 1.54) is 0 Å². The normalized spacial score (nSPS) is 13.4. The highest BCUT2D eigenvalue weighted by Gasteiger charge is 2.25. The number of carbonyl (C=O) groups excluding carboxylic acids is 1. The number of amides is 2. The number of carbonyl (C=O) groups is 2. The molecule has 2 aromatic carbocycles. The van der Waals surface area contributed by atoms with Crippen LogP contribution in [0, 0.1) is 0 Å². The van der Waals surface area contributed by atoms with Gasteiger partial charge in [0, 0.05) is 35.5 Å². The molecule has 1 aliphatic carbocycles. The van der Waals surface area contributed by atoms with E-state index in [0.717, 1.165) is 18.4 Å².